The Morgan fingerprint density at radius 2 is 2.42 bits per heavy atom. The van der Waals surface area contributed by atoms with Gasteiger partial charge < -0.3 is 9.64 Å². The molecular weight excluding hydrogens is 260 g/mol. The summed E-state index contributed by atoms with van der Waals surface area (Å²) in [6, 6.07) is 0. The highest BCUT2D eigenvalue weighted by Crippen LogP contribution is 2.30. The first-order valence-corrected chi connectivity index (χ1v) is 7.90. The van der Waals surface area contributed by atoms with Crippen LogP contribution in [0.5, 0.6) is 0 Å². The van der Waals surface area contributed by atoms with Crippen molar-refractivity contribution in [1.29, 1.82) is 0 Å². The van der Waals surface area contributed by atoms with E-state index < -0.39 is 0 Å². The Morgan fingerprint density at radius 3 is 3.11 bits per heavy atom. The Morgan fingerprint density at radius 1 is 1.53 bits per heavy atom. The quantitative estimate of drug-likeness (QED) is 0.834. The molecule has 2 saturated heterocycles. The van der Waals surface area contributed by atoms with Gasteiger partial charge in [0, 0.05) is 36.7 Å². The van der Waals surface area contributed by atoms with Gasteiger partial charge >= 0.3 is 0 Å². The first-order valence-electron chi connectivity index (χ1n) is 7.02. The topological polar surface area (TPSA) is 42.4 Å². The van der Waals surface area contributed by atoms with Gasteiger partial charge in [-0.1, -0.05) is 0 Å². The van der Waals surface area contributed by atoms with Crippen molar-refractivity contribution in [1.82, 2.24) is 9.88 Å². The molecule has 0 spiro atoms. The van der Waals surface area contributed by atoms with E-state index in [-0.39, 0.29) is 11.8 Å². The highest BCUT2D eigenvalue weighted by Gasteiger charge is 2.32. The van der Waals surface area contributed by atoms with Crippen molar-refractivity contribution in [2.45, 2.75) is 32.1 Å². The van der Waals surface area contributed by atoms with Crippen molar-refractivity contribution < 1.29 is 9.53 Å². The molecule has 0 aliphatic carbocycles. The monoisotopic (exact) mass is 280 g/mol. The molecule has 2 fully saturated rings. The Labute approximate surface area is 117 Å². The van der Waals surface area contributed by atoms with Gasteiger partial charge in [0.25, 0.3) is 0 Å². The molecule has 0 saturated carbocycles. The van der Waals surface area contributed by atoms with Crippen LogP contribution < -0.4 is 0 Å². The van der Waals surface area contributed by atoms with E-state index in [1.807, 2.05) is 11.8 Å². The molecule has 0 bridgehead atoms. The van der Waals surface area contributed by atoms with Crippen LogP contribution in [0.3, 0.4) is 0 Å². The van der Waals surface area contributed by atoms with Crippen LogP contribution in [-0.4, -0.2) is 42.1 Å². The van der Waals surface area contributed by atoms with Gasteiger partial charge in [-0.15, -0.1) is 11.3 Å². The predicted molar refractivity (Wildman–Crippen MR) is 74.3 cm³/mol. The molecular formula is C14H20N2O2S. The SMILES string of the molecule is Cc1csc(C2CCCN(C(=O)C3CCOC3)C2)n1. The molecule has 4 nitrogen and oxygen atoms in total. The number of piperidine rings is 1. The van der Waals surface area contributed by atoms with Crippen LogP contribution >= 0.6 is 11.3 Å². The Balaban J connectivity index is 1.65. The van der Waals surface area contributed by atoms with Crippen LogP contribution in [0.4, 0.5) is 0 Å². The predicted octanol–water partition coefficient (Wildman–Crippen LogP) is 2.19. The van der Waals surface area contributed by atoms with Crippen LogP contribution in [0, 0.1) is 12.8 Å². The van der Waals surface area contributed by atoms with Gasteiger partial charge in [0.1, 0.15) is 0 Å². The number of hydrogen-bond donors (Lipinski definition) is 0. The molecule has 1 aromatic rings. The van der Waals surface area contributed by atoms with E-state index in [1.165, 1.54) is 5.01 Å². The maximum absolute atomic E-state index is 12.4. The van der Waals surface area contributed by atoms with Gasteiger partial charge in [-0.2, -0.15) is 0 Å². The lowest BCUT2D eigenvalue weighted by Gasteiger charge is -2.33. The summed E-state index contributed by atoms with van der Waals surface area (Å²) >= 11 is 1.73. The lowest BCUT2D eigenvalue weighted by Crippen LogP contribution is -2.42. The Bertz CT molecular complexity index is 454. The third kappa shape index (κ3) is 2.82. The summed E-state index contributed by atoms with van der Waals surface area (Å²) in [5.74, 6) is 0.811. The van der Waals surface area contributed by atoms with E-state index in [0.29, 0.717) is 12.5 Å². The van der Waals surface area contributed by atoms with E-state index in [2.05, 4.69) is 10.4 Å². The molecule has 3 heterocycles. The minimum Gasteiger partial charge on any atom is -0.381 e. The zero-order valence-corrected chi connectivity index (χ0v) is 12.1. The number of hydrogen-bond acceptors (Lipinski definition) is 4. The van der Waals surface area contributed by atoms with Crippen molar-refractivity contribution in [3.8, 4) is 0 Å². The minimum atomic E-state index is 0.0942. The van der Waals surface area contributed by atoms with Crippen LogP contribution in [-0.2, 0) is 9.53 Å². The average Bonchev–Trinajstić information content (AvgIpc) is 3.09. The first kappa shape index (κ1) is 13.1. The second kappa shape index (κ2) is 5.59. The van der Waals surface area contributed by atoms with E-state index in [1.54, 1.807) is 11.3 Å². The van der Waals surface area contributed by atoms with Crippen LogP contribution in [0.25, 0.3) is 0 Å². The number of rotatable bonds is 2. The number of aromatic nitrogens is 1. The summed E-state index contributed by atoms with van der Waals surface area (Å²) in [7, 11) is 0. The van der Waals surface area contributed by atoms with Gasteiger partial charge in [-0.25, -0.2) is 4.98 Å². The number of likely N-dealkylation sites (tertiary alicyclic amines) is 1. The number of aryl methyl sites for hydroxylation is 1. The van der Waals surface area contributed by atoms with Gasteiger partial charge in [-0.05, 0) is 26.2 Å². The number of ether oxygens (including phenoxy) is 1. The van der Waals surface area contributed by atoms with E-state index >= 15 is 0 Å². The molecule has 0 N–H and O–H groups in total. The molecule has 2 unspecified atom stereocenters. The molecule has 5 heteroatoms. The highest BCUT2D eigenvalue weighted by atomic mass is 32.1. The van der Waals surface area contributed by atoms with Crippen LogP contribution in [0.1, 0.15) is 35.9 Å². The van der Waals surface area contributed by atoms with E-state index in [0.717, 1.165) is 44.7 Å². The van der Waals surface area contributed by atoms with Gasteiger partial charge in [0.2, 0.25) is 5.91 Å². The number of carbonyl (C=O) groups excluding carboxylic acids is 1. The summed E-state index contributed by atoms with van der Waals surface area (Å²) in [4.78, 5) is 19.0. The molecule has 3 rings (SSSR count). The van der Waals surface area contributed by atoms with Crippen LogP contribution in [0.15, 0.2) is 5.38 Å². The second-order valence-corrected chi connectivity index (χ2v) is 6.40. The summed E-state index contributed by atoms with van der Waals surface area (Å²) in [5.41, 5.74) is 1.09. The minimum absolute atomic E-state index is 0.0942. The van der Waals surface area contributed by atoms with Crippen molar-refractivity contribution >= 4 is 17.2 Å². The first-order chi connectivity index (χ1) is 9.24. The van der Waals surface area contributed by atoms with Crippen molar-refractivity contribution in [2.24, 2.45) is 5.92 Å². The molecule has 0 aromatic carbocycles. The fourth-order valence-electron chi connectivity index (χ4n) is 2.93. The Kier molecular flexibility index (Phi) is 3.84. The molecule has 19 heavy (non-hydrogen) atoms. The van der Waals surface area contributed by atoms with Gasteiger partial charge in [-0.3, -0.25) is 4.79 Å². The van der Waals surface area contributed by atoms with Crippen molar-refractivity contribution in [3.63, 3.8) is 0 Å². The molecule has 2 aliphatic heterocycles. The number of nitrogens with zero attached hydrogens (tertiary/aromatic N) is 2. The fourth-order valence-corrected chi connectivity index (χ4v) is 3.85. The number of thiazole rings is 1. The molecule has 0 radical (unpaired) electrons. The van der Waals surface area contributed by atoms with Crippen molar-refractivity contribution in [2.75, 3.05) is 26.3 Å². The van der Waals surface area contributed by atoms with Crippen molar-refractivity contribution in [3.05, 3.63) is 16.1 Å². The standard InChI is InChI=1S/C14H20N2O2S/c1-10-9-19-13(15-10)11-3-2-5-16(7-11)14(17)12-4-6-18-8-12/h9,11-12H,2-8H2,1H3. The molecule has 1 amide bonds. The smallest absolute Gasteiger partial charge is 0.228 e. The summed E-state index contributed by atoms with van der Waals surface area (Å²) < 4.78 is 5.33. The third-order valence-corrected chi connectivity index (χ3v) is 5.12. The molecule has 104 valence electrons. The lowest BCUT2D eigenvalue weighted by atomic mass is 9.97. The molecule has 1 aromatic heterocycles. The van der Waals surface area contributed by atoms with E-state index in [4.69, 9.17) is 4.74 Å². The zero-order valence-electron chi connectivity index (χ0n) is 11.3. The zero-order chi connectivity index (χ0) is 13.2. The molecule has 2 atom stereocenters. The summed E-state index contributed by atoms with van der Waals surface area (Å²) in [6.45, 7) is 5.11. The maximum Gasteiger partial charge on any atom is 0.228 e. The van der Waals surface area contributed by atoms with Gasteiger partial charge in [0.05, 0.1) is 17.5 Å². The van der Waals surface area contributed by atoms with Crippen LogP contribution in [0.2, 0.25) is 0 Å². The lowest BCUT2D eigenvalue weighted by molar-refractivity contribution is -0.136. The fraction of sp³-hybridized carbons (Fsp3) is 0.714. The second-order valence-electron chi connectivity index (χ2n) is 5.51. The summed E-state index contributed by atoms with van der Waals surface area (Å²) in [5, 5.41) is 3.29. The average molecular weight is 280 g/mol. The van der Waals surface area contributed by atoms with Gasteiger partial charge in [0.15, 0.2) is 0 Å². The number of amides is 1. The maximum atomic E-state index is 12.4. The molecule has 2 aliphatic rings. The largest absolute Gasteiger partial charge is 0.381 e. The third-order valence-electron chi connectivity index (χ3n) is 4.00. The van der Waals surface area contributed by atoms with E-state index in [9.17, 15) is 4.79 Å². The normalized spacial score (nSPS) is 27.7. The summed E-state index contributed by atoms with van der Waals surface area (Å²) in [6.07, 6.45) is 3.12. The Hall–Kier alpha value is -0.940. The highest BCUT2D eigenvalue weighted by molar-refractivity contribution is 7.09. The number of carbonyl (C=O) groups is 1.